The van der Waals surface area contributed by atoms with E-state index in [9.17, 15) is 4.79 Å². The number of nitrogen functional groups attached to an aromatic ring is 1. The normalized spacial score (nSPS) is 17.5. The number of hydrogen-bond donors (Lipinski definition) is 1. The highest BCUT2D eigenvalue weighted by molar-refractivity contribution is 5.96. The maximum Gasteiger partial charge on any atom is 0.280 e. The van der Waals surface area contributed by atoms with Crippen molar-refractivity contribution in [2.24, 2.45) is 0 Å². The van der Waals surface area contributed by atoms with Gasteiger partial charge < -0.3 is 10.6 Å². The Morgan fingerprint density at radius 1 is 1.20 bits per heavy atom. The van der Waals surface area contributed by atoms with Gasteiger partial charge in [-0.3, -0.25) is 4.79 Å². The zero-order chi connectivity index (χ0) is 10.7. The van der Waals surface area contributed by atoms with Gasteiger partial charge in [-0.2, -0.15) is 0 Å². The van der Waals surface area contributed by atoms with Crippen LogP contribution in [0.3, 0.4) is 0 Å². The minimum atomic E-state index is -0.171. The number of anilines is 1. The van der Waals surface area contributed by atoms with Crippen LogP contribution in [0.2, 0.25) is 0 Å². The van der Waals surface area contributed by atoms with Gasteiger partial charge in [-0.1, -0.05) is 12.8 Å². The molecule has 0 radical (unpaired) electrons. The SMILES string of the molecule is Nc1nonc1C(=O)N1CCCCCC1. The molecule has 0 unspecified atom stereocenters. The first-order chi connectivity index (χ1) is 7.29. The smallest absolute Gasteiger partial charge is 0.280 e. The second-order valence-electron chi connectivity index (χ2n) is 3.70. The third-order valence-corrected chi connectivity index (χ3v) is 2.61. The summed E-state index contributed by atoms with van der Waals surface area (Å²) in [5.41, 5.74) is 5.61. The Morgan fingerprint density at radius 3 is 2.40 bits per heavy atom. The molecule has 1 aliphatic heterocycles. The fraction of sp³-hybridized carbons (Fsp3) is 0.667. The van der Waals surface area contributed by atoms with Crippen LogP contribution in [0.4, 0.5) is 5.82 Å². The number of hydrogen-bond acceptors (Lipinski definition) is 5. The third kappa shape index (κ3) is 2.08. The highest BCUT2D eigenvalue weighted by atomic mass is 16.6. The van der Waals surface area contributed by atoms with Crippen molar-refractivity contribution in [3.63, 3.8) is 0 Å². The van der Waals surface area contributed by atoms with Crippen molar-refractivity contribution in [3.8, 4) is 0 Å². The molecular weight excluding hydrogens is 196 g/mol. The Balaban J connectivity index is 2.09. The Bertz CT molecular complexity index is 342. The molecule has 2 N–H and O–H groups in total. The summed E-state index contributed by atoms with van der Waals surface area (Å²) in [6, 6.07) is 0. The average molecular weight is 210 g/mol. The third-order valence-electron chi connectivity index (χ3n) is 2.61. The van der Waals surface area contributed by atoms with Crippen molar-refractivity contribution in [1.82, 2.24) is 15.2 Å². The number of carbonyl (C=O) groups is 1. The van der Waals surface area contributed by atoms with Gasteiger partial charge in [-0.15, -0.1) is 0 Å². The van der Waals surface area contributed by atoms with E-state index >= 15 is 0 Å². The summed E-state index contributed by atoms with van der Waals surface area (Å²) in [7, 11) is 0. The molecule has 1 aromatic heterocycles. The molecule has 0 saturated carbocycles. The molecule has 0 aliphatic carbocycles. The molecule has 1 saturated heterocycles. The zero-order valence-corrected chi connectivity index (χ0v) is 8.48. The maximum atomic E-state index is 11.9. The Morgan fingerprint density at radius 2 is 1.87 bits per heavy atom. The molecule has 1 aromatic rings. The van der Waals surface area contributed by atoms with E-state index in [1.54, 1.807) is 4.90 Å². The van der Waals surface area contributed by atoms with E-state index in [1.165, 1.54) is 12.8 Å². The lowest BCUT2D eigenvalue weighted by atomic mass is 10.2. The molecule has 0 aromatic carbocycles. The Kier molecular flexibility index (Phi) is 2.84. The summed E-state index contributed by atoms with van der Waals surface area (Å²) in [6.45, 7) is 1.54. The van der Waals surface area contributed by atoms with Gasteiger partial charge in [0.15, 0.2) is 0 Å². The number of nitrogens with zero attached hydrogens (tertiary/aromatic N) is 3. The van der Waals surface area contributed by atoms with Crippen LogP contribution in [0, 0.1) is 0 Å². The van der Waals surface area contributed by atoms with Crippen molar-refractivity contribution >= 4 is 11.7 Å². The molecule has 2 rings (SSSR count). The van der Waals surface area contributed by atoms with Crippen LogP contribution in [-0.4, -0.2) is 34.2 Å². The molecule has 15 heavy (non-hydrogen) atoms. The van der Waals surface area contributed by atoms with Crippen molar-refractivity contribution < 1.29 is 9.42 Å². The first-order valence-electron chi connectivity index (χ1n) is 5.16. The fourth-order valence-electron chi connectivity index (χ4n) is 1.77. The molecule has 0 atom stereocenters. The van der Waals surface area contributed by atoms with Gasteiger partial charge in [0.2, 0.25) is 11.5 Å². The van der Waals surface area contributed by atoms with Crippen LogP contribution < -0.4 is 5.73 Å². The van der Waals surface area contributed by atoms with E-state index < -0.39 is 0 Å². The second-order valence-corrected chi connectivity index (χ2v) is 3.70. The first-order valence-corrected chi connectivity index (χ1v) is 5.16. The van der Waals surface area contributed by atoms with E-state index in [1.807, 2.05) is 0 Å². The molecule has 2 heterocycles. The van der Waals surface area contributed by atoms with E-state index in [0.29, 0.717) is 0 Å². The predicted octanol–water partition coefficient (Wildman–Crippen LogP) is 0.668. The number of aromatic nitrogens is 2. The van der Waals surface area contributed by atoms with Crippen molar-refractivity contribution in [1.29, 1.82) is 0 Å². The first kappa shape index (κ1) is 9.95. The molecule has 1 aliphatic rings. The minimum absolute atomic E-state index is 0.0734. The molecule has 6 nitrogen and oxygen atoms in total. The van der Waals surface area contributed by atoms with Crippen LogP contribution in [0.25, 0.3) is 0 Å². The predicted molar refractivity (Wildman–Crippen MR) is 53.1 cm³/mol. The van der Waals surface area contributed by atoms with Gasteiger partial charge >= 0.3 is 0 Å². The van der Waals surface area contributed by atoms with E-state index in [4.69, 9.17) is 5.73 Å². The van der Waals surface area contributed by atoms with Crippen LogP contribution in [0.1, 0.15) is 36.2 Å². The molecule has 1 amide bonds. The number of nitrogens with two attached hydrogens (primary N) is 1. The van der Waals surface area contributed by atoms with Gasteiger partial charge in [0.1, 0.15) is 0 Å². The topological polar surface area (TPSA) is 85.2 Å². The largest absolute Gasteiger partial charge is 0.379 e. The summed E-state index contributed by atoms with van der Waals surface area (Å²) in [5.74, 6) is -0.0973. The summed E-state index contributed by atoms with van der Waals surface area (Å²) in [6.07, 6.45) is 4.43. The Hall–Kier alpha value is -1.59. The second kappa shape index (κ2) is 4.29. The molecule has 0 spiro atoms. The van der Waals surface area contributed by atoms with Gasteiger partial charge in [0, 0.05) is 13.1 Å². The summed E-state index contributed by atoms with van der Waals surface area (Å²) >= 11 is 0. The number of amides is 1. The van der Waals surface area contributed by atoms with Gasteiger partial charge in [-0.05, 0) is 23.2 Å². The Labute approximate surface area is 87.4 Å². The van der Waals surface area contributed by atoms with Crippen molar-refractivity contribution in [2.75, 3.05) is 18.8 Å². The lowest BCUT2D eigenvalue weighted by Crippen LogP contribution is -2.32. The van der Waals surface area contributed by atoms with Crippen LogP contribution in [-0.2, 0) is 0 Å². The average Bonchev–Trinajstić information content (AvgIpc) is 2.53. The molecular formula is C9H14N4O2. The number of likely N-dealkylation sites (tertiary alicyclic amines) is 1. The summed E-state index contributed by atoms with van der Waals surface area (Å²) < 4.78 is 4.42. The van der Waals surface area contributed by atoms with Crippen LogP contribution >= 0.6 is 0 Å². The van der Waals surface area contributed by atoms with Crippen molar-refractivity contribution in [2.45, 2.75) is 25.7 Å². The number of rotatable bonds is 1. The van der Waals surface area contributed by atoms with Crippen molar-refractivity contribution in [3.05, 3.63) is 5.69 Å². The number of carbonyl (C=O) groups excluding carboxylic acids is 1. The van der Waals surface area contributed by atoms with Gasteiger partial charge in [0.05, 0.1) is 0 Å². The van der Waals surface area contributed by atoms with E-state index in [0.717, 1.165) is 25.9 Å². The fourth-order valence-corrected chi connectivity index (χ4v) is 1.77. The van der Waals surface area contributed by atoms with Crippen LogP contribution in [0.15, 0.2) is 4.63 Å². The van der Waals surface area contributed by atoms with Crippen LogP contribution in [0.5, 0.6) is 0 Å². The summed E-state index contributed by atoms with van der Waals surface area (Å²) in [4.78, 5) is 13.7. The van der Waals surface area contributed by atoms with E-state index in [2.05, 4.69) is 14.9 Å². The molecule has 0 bridgehead atoms. The highest BCUT2D eigenvalue weighted by Gasteiger charge is 2.23. The lowest BCUT2D eigenvalue weighted by Gasteiger charge is -2.18. The van der Waals surface area contributed by atoms with Gasteiger partial charge in [0.25, 0.3) is 5.91 Å². The highest BCUT2D eigenvalue weighted by Crippen LogP contribution is 2.14. The summed E-state index contributed by atoms with van der Waals surface area (Å²) in [5, 5.41) is 6.92. The maximum absolute atomic E-state index is 11.9. The standard InChI is InChI=1S/C9H14N4O2/c10-8-7(11-15-12-8)9(14)13-5-3-1-2-4-6-13/h1-6H2,(H2,10,12). The molecule has 1 fully saturated rings. The monoisotopic (exact) mass is 210 g/mol. The molecule has 6 heteroatoms. The minimum Gasteiger partial charge on any atom is -0.379 e. The zero-order valence-electron chi connectivity index (χ0n) is 8.48. The quantitative estimate of drug-likeness (QED) is 0.736. The lowest BCUT2D eigenvalue weighted by molar-refractivity contribution is 0.0751. The van der Waals surface area contributed by atoms with Gasteiger partial charge in [-0.25, -0.2) is 4.63 Å². The van der Waals surface area contributed by atoms with E-state index in [-0.39, 0.29) is 17.4 Å². The molecule has 82 valence electrons.